The Hall–Kier alpha value is -3.79. The number of amides is 2. The Morgan fingerprint density at radius 3 is 2.13 bits per heavy atom. The van der Waals surface area contributed by atoms with Crippen molar-refractivity contribution in [1.82, 2.24) is 9.97 Å². The molecule has 0 radical (unpaired) electrons. The molecular weight excluding hydrogens is 418 g/mol. The largest absolute Gasteiger partial charge is 0.326 e. The van der Waals surface area contributed by atoms with E-state index >= 15 is 0 Å². The fourth-order valence-electron chi connectivity index (χ4n) is 2.55. The minimum atomic E-state index is -3.87. The van der Waals surface area contributed by atoms with Gasteiger partial charge >= 0.3 is 0 Å². The van der Waals surface area contributed by atoms with E-state index in [1.54, 1.807) is 44.2 Å². The lowest BCUT2D eigenvalue weighted by molar-refractivity contribution is -0.115. The normalized spacial score (nSPS) is 10.9. The van der Waals surface area contributed by atoms with Crippen LogP contribution >= 0.6 is 0 Å². The molecule has 10 heteroatoms. The van der Waals surface area contributed by atoms with Crippen LogP contribution in [0.25, 0.3) is 0 Å². The molecule has 0 aliphatic carbocycles. The highest BCUT2D eigenvalue weighted by Gasteiger charge is 2.16. The highest BCUT2D eigenvalue weighted by molar-refractivity contribution is 7.92. The first kappa shape index (κ1) is 21.9. The number of carbonyl (C=O) groups is 2. The van der Waals surface area contributed by atoms with Crippen molar-refractivity contribution in [3.05, 3.63) is 72.1 Å². The topological polar surface area (TPSA) is 130 Å². The molecule has 0 saturated carbocycles. The Bertz CT molecular complexity index is 1190. The molecule has 0 unspecified atom stereocenters. The van der Waals surface area contributed by atoms with Gasteiger partial charge in [-0.2, -0.15) is 0 Å². The quantitative estimate of drug-likeness (QED) is 0.518. The number of rotatable bonds is 7. The fraction of sp³-hybridized carbons (Fsp3) is 0.143. The zero-order valence-corrected chi connectivity index (χ0v) is 17.7. The first-order valence-corrected chi connectivity index (χ1v) is 10.9. The van der Waals surface area contributed by atoms with E-state index in [0.717, 1.165) is 0 Å². The van der Waals surface area contributed by atoms with Crippen molar-refractivity contribution >= 4 is 39.2 Å². The van der Waals surface area contributed by atoms with Crippen molar-refractivity contribution in [3.8, 4) is 0 Å². The lowest BCUT2D eigenvalue weighted by atomic mass is 10.2. The molecule has 9 nitrogen and oxygen atoms in total. The second-order valence-electron chi connectivity index (χ2n) is 6.58. The molecule has 0 bridgehead atoms. The summed E-state index contributed by atoms with van der Waals surface area (Å²) in [5.41, 5.74) is 2.05. The third kappa shape index (κ3) is 5.86. The highest BCUT2D eigenvalue weighted by atomic mass is 32.2. The molecule has 1 aromatic heterocycles. The number of nitrogens with zero attached hydrogens (tertiary/aromatic N) is 2. The summed E-state index contributed by atoms with van der Waals surface area (Å²) in [6, 6.07) is 13.8. The number of hydrogen-bond acceptors (Lipinski definition) is 6. The maximum Gasteiger partial charge on any atom is 0.264 e. The summed E-state index contributed by atoms with van der Waals surface area (Å²) in [6.45, 7) is 3.48. The summed E-state index contributed by atoms with van der Waals surface area (Å²) in [4.78, 5) is 31.7. The summed E-state index contributed by atoms with van der Waals surface area (Å²) in [5.74, 6) is -0.498. The molecular formula is C21H21N5O4S. The van der Waals surface area contributed by atoms with Crippen molar-refractivity contribution in [2.45, 2.75) is 25.2 Å². The summed E-state index contributed by atoms with van der Waals surface area (Å²) in [5, 5.41) is 5.40. The Morgan fingerprint density at radius 2 is 1.52 bits per heavy atom. The van der Waals surface area contributed by atoms with E-state index in [1.165, 1.54) is 30.5 Å². The van der Waals surface area contributed by atoms with Crippen LogP contribution in [0.1, 0.15) is 29.4 Å². The van der Waals surface area contributed by atoms with Crippen LogP contribution in [0.5, 0.6) is 0 Å². The minimum absolute atomic E-state index is 0.00613. The predicted octanol–water partition coefficient (Wildman–Crippen LogP) is 3.19. The van der Waals surface area contributed by atoms with Crippen molar-refractivity contribution in [1.29, 1.82) is 0 Å². The van der Waals surface area contributed by atoms with Gasteiger partial charge in [-0.1, -0.05) is 6.92 Å². The van der Waals surface area contributed by atoms with Gasteiger partial charge in [0.1, 0.15) is 0 Å². The molecule has 1 heterocycles. The standard InChI is InChI=1S/C21H21N5O4S/c1-3-19(27)24-16-6-4-15(5-7-16)20(28)25-17-8-10-18(11-9-17)31(29,30)26-21-22-13-12-14(2)23-21/h4-13H,3H2,1-2H3,(H,24,27)(H,25,28)(H,22,23,26). The predicted molar refractivity (Wildman–Crippen MR) is 117 cm³/mol. The second kappa shape index (κ2) is 9.35. The molecule has 2 amide bonds. The Labute approximate surface area is 180 Å². The maximum atomic E-state index is 12.5. The molecule has 0 fully saturated rings. The summed E-state index contributed by atoms with van der Waals surface area (Å²) < 4.78 is 27.3. The Morgan fingerprint density at radius 1 is 0.903 bits per heavy atom. The van der Waals surface area contributed by atoms with E-state index < -0.39 is 10.0 Å². The molecule has 160 valence electrons. The van der Waals surface area contributed by atoms with Gasteiger partial charge in [0, 0.05) is 35.2 Å². The summed E-state index contributed by atoms with van der Waals surface area (Å²) in [6.07, 6.45) is 1.82. The third-order valence-corrected chi connectivity index (χ3v) is 5.54. The van der Waals surface area contributed by atoms with Crippen LogP contribution in [-0.4, -0.2) is 30.2 Å². The monoisotopic (exact) mass is 439 g/mol. The number of sulfonamides is 1. The van der Waals surface area contributed by atoms with Crippen molar-refractivity contribution in [3.63, 3.8) is 0 Å². The molecule has 0 atom stereocenters. The van der Waals surface area contributed by atoms with Gasteiger partial charge in [-0.3, -0.25) is 9.59 Å². The number of carbonyl (C=O) groups excluding carboxylic acids is 2. The molecule has 0 aliphatic heterocycles. The average molecular weight is 439 g/mol. The van der Waals surface area contributed by atoms with Gasteiger partial charge in [-0.05, 0) is 61.5 Å². The lowest BCUT2D eigenvalue weighted by Crippen LogP contribution is -2.16. The van der Waals surface area contributed by atoms with E-state index in [2.05, 4.69) is 25.3 Å². The van der Waals surface area contributed by atoms with Gasteiger partial charge in [0.05, 0.1) is 4.90 Å². The molecule has 0 saturated heterocycles. The lowest BCUT2D eigenvalue weighted by Gasteiger charge is -2.09. The van der Waals surface area contributed by atoms with E-state index in [1.807, 2.05) is 0 Å². The first-order valence-electron chi connectivity index (χ1n) is 9.40. The minimum Gasteiger partial charge on any atom is -0.326 e. The number of nitrogens with one attached hydrogen (secondary N) is 3. The van der Waals surface area contributed by atoms with Crippen LogP contribution < -0.4 is 15.4 Å². The maximum absolute atomic E-state index is 12.5. The van der Waals surface area contributed by atoms with E-state index in [4.69, 9.17) is 0 Å². The van der Waals surface area contributed by atoms with Crippen molar-refractivity contribution in [2.75, 3.05) is 15.4 Å². The Balaban J connectivity index is 1.66. The van der Waals surface area contributed by atoms with Crippen LogP contribution in [0.2, 0.25) is 0 Å². The highest BCUT2D eigenvalue weighted by Crippen LogP contribution is 2.18. The fourth-order valence-corrected chi connectivity index (χ4v) is 3.50. The van der Waals surface area contributed by atoms with Crippen LogP contribution in [0.15, 0.2) is 65.7 Å². The van der Waals surface area contributed by atoms with Crippen LogP contribution in [-0.2, 0) is 14.8 Å². The van der Waals surface area contributed by atoms with E-state index in [9.17, 15) is 18.0 Å². The van der Waals surface area contributed by atoms with Gasteiger partial charge < -0.3 is 10.6 Å². The average Bonchev–Trinajstić information content (AvgIpc) is 2.74. The molecule has 2 aromatic carbocycles. The molecule has 0 aliphatic rings. The van der Waals surface area contributed by atoms with Crippen LogP contribution in [0, 0.1) is 6.92 Å². The van der Waals surface area contributed by atoms with Gasteiger partial charge in [0.2, 0.25) is 11.9 Å². The molecule has 3 rings (SSSR count). The zero-order chi connectivity index (χ0) is 22.4. The number of hydrogen-bond donors (Lipinski definition) is 3. The SMILES string of the molecule is CCC(=O)Nc1ccc(C(=O)Nc2ccc(S(=O)(=O)Nc3nccc(C)n3)cc2)cc1. The molecule has 3 N–H and O–H groups in total. The number of benzene rings is 2. The molecule has 31 heavy (non-hydrogen) atoms. The van der Waals surface area contributed by atoms with Gasteiger partial charge in [-0.15, -0.1) is 0 Å². The zero-order valence-electron chi connectivity index (χ0n) is 16.9. The van der Waals surface area contributed by atoms with Gasteiger partial charge in [-0.25, -0.2) is 23.1 Å². The van der Waals surface area contributed by atoms with E-state index in [0.29, 0.717) is 29.1 Å². The van der Waals surface area contributed by atoms with Crippen molar-refractivity contribution in [2.24, 2.45) is 0 Å². The third-order valence-electron chi connectivity index (χ3n) is 4.19. The van der Waals surface area contributed by atoms with Crippen molar-refractivity contribution < 1.29 is 18.0 Å². The number of anilines is 3. The summed E-state index contributed by atoms with van der Waals surface area (Å²) >= 11 is 0. The first-order chi connectivity index (χ1) is 14.8. The molecule has 0 spiro atoms. The number of aryl methyl sites for hydroxylation is 1. The van der Waals surface area contributed by atoms with Gasteiger partial charge in [0.25, 0.3) is 15.9 Å². The Kier molecular flexibility index (Phi) is 6.61. The number of aromatic nitrogens is 2. The summed E-state index contributed by atoms with van der Waals surface area (Å²) in [7, 11) is -3.87. The second-order valence-corrected chi connectivity index (χ2v) is 8.27. The van der Waals surface area contributed by atoms with E-state index in [-0.39, 0.29) is 22.7 Å². The van der Waals surface area contributed by atoms with Crippen LogP contribution in [0.4, 0.5) is 17.3 Å². The molecule has 3 aromatic rings. The smallest absolute Gasteiger partial charge is 0.264 e. The van der Waals surface area contributed by atoms with Crippen LogP contribution in [0.3, 0.4) is 0 Å². The van der Waals surface area contributed by atoms with Gasteiger partial charge in [0.15, 0.2) is 0 Å².